The van der Waals surface area contributed by atoms with Gasteiger partial charge in [-0.25, -0.2) is 4.39 Å². The Morgan fingerprint density at radius 3 is 2.51 bits per heavy atom. The Morgan fingerprint density at radius 2 is 1.86 bits per heavy atom. The third-order valence-electron chi connectivity index (χ3n) is 5.58. The predicted octanol–water partition coefficient (Wildman–Crippen LogP) is 2.78. The van der Waals surface area contributed by atoms with Gasteiger partial charge in [0.15, 0.2) is 5.75 Å². The molecular formula is C26H25FN4O4. The number of benzene rings is 1. The zero-order valence-corrected chi connectivity index (χ0v) is 19.3. The third kappa shape index (κ3) is 5.20. The van der Waals surface area contributed by atoms with Gasteiger partial charge >= 0.3 is 0 Å². The summed E-state index contributed by atoms with van der Waals surface area (Å²) in [6.07, 6.45) is 3.56. The molecule has 9 heteroatoms. The van der Waals surface area contributed by atoms with Crippen molar-refractivity contribution in [2.45, 2.75) is 32.4 Å². The van der Waals surface area contributed by atoms with Crippen LogP contribution in [-0.4, -0.2) is 42.8 Å². The number of aliphatic hydroxyl groups is 1. The molecule has 4 rings (SSSR count). The molecule has 0 aliphatic rings. The lowest BCUT2D eigenvalue weighted by molar-refractivity contribution is 0.0864. The van der Waals surface area contributed by atoms with E-state index >= 15 is 0 Å². The smallest absolute Gasteiger partial charge is 0.268 e. The van der Waals surface area contributed by atoms with Crippen molar-refractivity contribution in [1.29, 1.82) is 0 Å². The fourth-order valence-electron chi connectivity index (χ4n) is 3.71. The summed E-state index contributed by atoms with van der Waals surface area (Å²) in [6.45, 7) is 2.87. The SMILES string of the molecule is CC(C)(CO)NC(=O)c1c(O)c2ncc(Cc3ccc(F)cc3)cc2n(Cc2ccccn2)c1=O. The number of amides is 1. The molecule has 3 aromatic heterocycles. The van der Waals surface area contributed by atoms with Crippen LogP contribution in [0.1, 0.15) is 41.0 Å². The van der Waals surface area contributed by atoms with Gasteiger partial charge in [0, 0.05) is 12.4 Å². The van der Waals surface area contributed by atoms with Crippen molar-refractivity contribution in [1.82, 2.24) is 19.9 Å². The van der Waals surface area contributed by atoms with Crippen LogP contribution in [0, 0.1) is 5.82 Å². The predicted molar refractivity (Wildman–Crippen MR) is 129 cm³/mol. The van der Waals surface area contributed by atoms with Crippen LogP contribution in [0.25, 0.3) is 11.0 Å². The average molecular weight is 477 g/mol. The van der Waals surface area contributed by atoms with Crippen molar-refractivity contribution < 1.29 is 19.4 Å². The summed E-state index contributed by atoms with van der Waals surface area (Å²) in [5.41, 5.74) is 0.373. The topological polar surface area (TPSA) is 117 Å². The molecule has 0 unspecified atom stereocenters. The number of aromatic nitrogens is 3. The van der Waals surface area contributed by atoms with E-state index in [1.54, 1.807) is 62.6 Å². The number of aliphatic hydroxyl groups excluding tert-OH is 1. The number of nitrogens with zero attached hydrogens (tertiary/aromatic N) is 3. The first kappa shape index (κ1) is 24.0. The van der Waals surface area contributed by atoms with Gasteiger partial charge in [0.25, 0.3) is 11.5 Å². The molecule has 1 aromatic carbocycles. The third-order valence-corrected chi connectivity index (χ3v) is 5.58. The van der Waals surface area contributed by atoms with E-state index in [0.717, 1.165) is 11.1 Å². The van der Waals surface area contributed by atoms with E-state index < -0.39 is 28.3 Å². The lowest BCUT2D eigenvalue weighted by atomic mass is 10.0. The number of nitrogens with one attached hydrogen (secondary N) is 1. The monoisotopic (exact) mass is 476 g/mol. The van der Waals surface area contributed by atoms with Crippen LogP contribution in [0.3, 0.4) is 0 Å². The molecule has 35 heavy (non-hydrogen) atoms. The molecule has 0 saturated carbocycles. The first-order chi connectivity index (χ1) is 16.7. The molecule has 4 aromatic rings. The molecule has 0 spiro atoms. The Balaban J connectivity index is 1.87. The van der Waals surface area contributed by atoms with E-state index in [1.807, 2.05) is 0 Å². The van der Waals surface area contributed by atoms with Crippen LogP contribution in [0.2, 0.25) is 0 Å². The van der Waals surface area contributed by atoms with Crippen LogP contribution in [0.15, 0.2) is 65.7 Å². The molecule has 3 heterocycles. The standard InChI is InChI=1S/C26H25FN4O4/c1-26(2,15-32)30-24(34)21-23(33)22-20(31(25(21)35)14-19-5-3-4-10-28-19)12-17(13-29-22)11-16-6-8-18(27)9-7-16/h3-10,12-13,32-33H,11,14-15H2,1-2H3,(H,30,34). The van der Waals surface area contributed by atoms with Crippen molar-refractivity contribution in [3.05, 3.63) is 99.5 Å². The maximum Gasteiger partial charge on any atom is 0.268 e. The number of rotatable bonds is 7. The van der Waals surface area contributed by atoms with E-state index in [0.29, 0.717) is 17.6 Å². The van der Waals surface area contributed by atoms with Gasteiger partial charge in [-0.15, -0.1) is 0 Å². The summed E-state index contributed by atoms with van der Waals surface area (Å²) in [7, 11) is 0. The molecule has 0 fully saturated rings. The van der Waals surface area contributed by atoms with Gasteiger partial charge in [-0.2, -0.15) is 0 Å². The van der Waals surface area contributed by atoms with Crippen LogP contribution >= 0.6 is 0 Å². The summed E-state index contributed by atoms with van der Waals surface area (Å²) >= 11 is 0. The highest BCUT2D eigenvalue weighted by atomic mass is 19.1. The Labute approximate surface area is 200 Å². The van der Waals surface area contributed by atoms with Crippen molar-refractivity contribution in [2.75, 3.05) is 6.61 Å². The van der Waals surface area contributed by atoms with E-state index in [4.69, 9.17) is 0 Å². The molecular weight excluding hydrogens is 451 g/mol. The summed E-state index contributed by atoms with van der Waals surface area (Å²) in [5.74, 6) is -1.70. The van der Waals surface area contributed by atoms with Crippen molar-refractivity contribution in [3.8, 4) is 5.75 Å². The summed E-state index contributed by atoms with van der Waals surface area (Å²) in [4.78, 5) is 35.1. The van der Waals surface area contributed by atoms with Gasteiger partial charge < -0.3 is 15.5 Å². The van der Waals surface area contributed by atoms with Gasteiger partial charge in [-0.1, -0.05) is 18.2 Å². The lowest BCUT2D eigenvalue weighted by Crippen LogP contribution is -2.48. The highest BCUT2D eigenvalue weighted by Gasteiger charge is 2.28. The van der Waals surface area contributed by atoms with Gasteiger partial charge in [-0.05, 0) is 61.7 Å². The van der Waals surface area contributed by atoms with Gasteiger partial charge in [0.2, 0.25) is 0 Å². The second kappa shape index (κ2) is 9.63. The lowest BCUT2D eigenvalue weighted by Gasteiger charge is -2.24. The maximum atomic E-state index is 13.5. The van der Waals surface area contributed by atoms with Crippen molar-refractivity contribution in [3.63, 3.8) is 0 Å². The molecule has 0 radical (unpaired) electrons. The number of carbonyl (C=O) groups is 1. The van der Waals surface area contributed by atoms with Crippen molar-refractivity contribution in [2.24, 2.45) is 0 Å². The molecule has 0 bridgehead atoms. The highest BCUT2D eigenvalue weighted by molar-refractivity contribution is 6.01. The summed E-state index contributed by atoms with van der Waals surface area (Å²) < 4.78 is 14.6. The molecule has 180 valence electrons. The zero-order chi connectivity index (χ0) is 25.2. The first-order valence-corrected chi connectivity index (χ1v) is 11.0. The fraction of sp³-hybridized carbons (Fsp3) is 0.231. The second-order valence-corrected chi connectivity index (χ2v) is 8.95. The van der Waals surface area contributed by atoms with Gasteiger partial charge in [0.1, 0.15) is 16.9 Å². The summed E-state index contributed by atoms with van der Waals surface area (Å²) in [6, 6.07) is 13.1. The number of halogens is 1. The van der Waals surface area contributed by atoms with Crippen LogP contribution in [-0.2, 0) is 13.0 Å². The fourth-order valence-corrected chi connectivity index (χ4v) is 3.71. The molecule has 0 aliphatic carbocycles. The highest BCUT2D eigenvalue weighted by Crippen LogP contribution is 2.27. The molecule has 1 amide bonds. The Kier molecular flexibility index (Phi) is 6.61. The second-order valence-electron chi connectivity index (χ2n) is 8.95. The normalized spacial score (nSPS) is 11.5. The van der Waals surface area contributed by atoms with Crippen LogP contribution in [0.4, 0.5) is 4.39 Å². The largest absolute Gasteiger partial charge is 0.505 e. The molecule has 0 aliphatic heterocycles. The molecule has 3 N–H and O–H groups in total. The van der Waals surface area contributed by atoms with Crippen LogP contribution < -0.4 is 10.9 Å². The Hall–Kier alpha value is -4.11. The minimum absolute atomic E-state index is 0.0435. The number of carbonyl (C=O) groups excluding carboxylic acids is 1. The van der Waals surface area contributed by atoms with E-state index in [1.165, 1.54) is 16.7 Å². The molecule has 0 atom stereocenters. The Bertz CT molecular complexity index is 1430. The van der Waals surface area contributed by atoms with Gasteiger partial charge in [0.05, 0.1) is 29.9 Å². The molecule has 0 saturated heterocycles. The zero-order valence-electron chi connectivity index (χ0n) is 19.3. The number of hydrogen-bond acceptors (Lipinski definition) is 6. The summed E-state index contributed by atoms with van der Waals surface area (Å²) in [5, 5.41) is 23.0. The number of pyridine rings is 3. The molecule has 8 nitrogen and oxygen atoms in total. The Morgan fingerprint density at radius 1 is 1.11 bits per heavy atom. The van der Waals surface area contributed by atoms with E-state index in [2.05, 4.69) is 15.3 Å². The number of hydrogen-bond donors (Lipinski definition) is 3. The minimum Gasteiger partial charge on any atom is -0.505 e. The van der Waals surface area contributed by atoms with E-state index in [-0.39, 0.29) is 24.5 Å². The van der Waals surface area contributed by atoms with Crippen LogP contribution in [0.5, 0.6) is 5.75 Å². The van der Waals surface area contributed by atoms with E-state index in [9.17, 15) is 24.2 Å². The first-order valence-electron chi connectivity index (χ1n) is 11.0. The minimum atomic E-state index is -1.01. The number of aromatic hydroxyl groups is 1. The number of fused-ring (bicyclic) bond motifs is 1. The maximum absolute atomic E-state index is 13.5. The van der Waals surface area contributed by atoms with Crippen molar-refractivity contribution >= 4 is 16.9 Å². The quantitative estimate of drug-likeness (QED) is 0.378. The van der Waals surface area contributed by atoms with Gasteiger partial charge in [-0.3, -0.25) is 24.1 Å². The average Bonchev–Trinajstić information content (AvgIpc) is 2.83.